The summed E-state index contributed by atoms with van der Waals surface area (Å²) in [7, 11) is 1.71. The van der Waals surface area contributed by atoms with Crippen molar-refractivity contribution in [2.75, 3.05) is 46.5 Å². The van der Waals surface area contributed by atoms with E-state index in [2.05, 4.69) is 15.2 Å². The van der Waals surface area contributed by atoms with Gasteiger partial charge in [-0.3, -0.25) is 9.79 Å². The maximum atomic E-state index is 11.5. The van der Waals surface area contributed by atoms with E-state index < -0.39 is 5.41 Å². The molecule has 7 nitrogen and oxygen atoms in total. The average Bonchev–Trinajstić information content (AvgIpc) is 2.56. The highest BCUT2D eigenvalue weighted by molar-refractivity contribution is 14.0. The van der Waals surface area contributed by atoms with E-state index in [1.807, 2.05) is 20.8 Å². The van der Waals surface area contributed by atoms with E-state index in [0.29, 0.717) is 12.6 Å². The van der Waals surface area contributed by atoms with Gasteiger partial charge in [-0.15, -0.1) is 24.0 Å². The van der Waals surface area contributed by atoms with Crippen molar-refractivity contribution in [2.45, 2.75) is 46.1 Å². The fraction of sp³-hybridized carbons (Fsp3) is 0.882. The van der Waals surface area contributed by atoms with Crippen molar-refractivity contribution in [3.8, 4) is 0 Å². The fourth-order valence-corrected chi connectivity index (χ4v) is 2.46. The quantitative estimate of drug-likeness (QED) is 0.231. The molecule has 1 heterocycles. The number of hydrogen-bond acceptors (Lipinski definition) is 4. The molecule has 8 heteroatoms. The summed E-state index contributed by atoms with van der Waals surface area (Å²) >= 11 is 0. The van der Waals surface area contributed by atoms with Crippen LogP contribution in [-0.2, 0) is 14.3 Å². The summed E-state index contributed by atoms with van der Waals surface area (Å²) in [5, 5.41) is 3.31. The number of amides is 1. The Morgan fingerprint density at radius 3 is 2.48 bits per heavy atom. The monoisotopic (exact) mass is 470 g/mol. The van der Waals surface area contributed by atoms with Crippen LogP contribution in [0.25, 0.3) is 0 Å². The largest absolute Gasteiger partial charge is 0.385 e. The minimum absolute atomic E-state index is 0. The molecule has 0 saturated carbocycles. The SMILES string of the molecule is CCNC(=NCC(C)(C)C(N)=O)N1CCC(OCCCOC)CC1.I. The zero-order chi connectivity index (χ0) is 18.0. The number of nitrogens with two attached hydrogens (primary N) is 1. The number of ether oxygens (including phenoxy) is 2. The third-order valence-electron chi connectivity index (χ3n) is 4.21. The first-order valence-electron chi connectivity index (χ1n) is 8.84. The van der Waals surface area contributed by atoms with Crippen LogP contribution in [0.4, 0.5) is 0 Å². The first-order valence-corrected chi connectivity index (χ1v) is 8.84. The lowest BCUT2D eigenvalue weighted by molar-refractivity contribution is -0.125. The van der Waals surface area contributed by atoms with Crippen molar-refractivity contribution in [2.24, 2.45) is 16.1 Å². The van der Waals surface area contributed by atoms with Crippen LogP contribution in [0.5, 0.6) is 0 Å². The van der Waals surface area contributed by atoms with E-state index in [0.717, 1.165) is 58.1 Å². The number of likely N-dealkylation sites (tertiary alicyclic amines) is 1. The molecule has 148 valence electrons. The van der Waals surface area contributed by atoms with Crippen LogP contribution in [0, 0.1) is 5.41 Å². The van der Waals surface area contributed by atoms with Gasteiger partial charge in [-0.1, -0.05) is 0 Å². The number of carbonyl (C=O) groups excluding carboxylic acids is 1. The molecule has 0 radical (unpaired) electrons. The van der Waals surface area contributed by atoms with Crippen molar-refractivity contribution < 1.29 is 14.3 Å². The summed E-state index contributed by atoms with van der Waals surface area (Å²) < 4.78 is 10.9. The number of piperidine rings is 1. The molecule has 1 rings (SSSR count). The second-order valence-electron chi connectivity index (χ2n) is 6.82. The van der Waals surface area contributed by atoms with Gasteiger partial charge >= 0.3 is 0 Å². The molecule has 1 aliphatic rings. The first kappa shape index (κ1) is 24.4. The predicted molar refractivity (Wildman–Crippen MR) is 111 cm³/mol. The third kappa shape index (κ3) is 9.05. The molecule has 0 aliphatic carbocycles. The minimum atomic E-state index is -0.635. The second kappa shape index (κ2) is 12.7. The van der Waals surface area contributed by atoms with Gasteiger partial charge in [-0.25, -0.2) is 0 Å². The van der Waals surface area contributed by atoms with Crippen LogP contribution >= 0.6 is 24.0 Å². The molecule has 0 bridgehead atoms. The summed E-state index contributed by atoms with van der Waals surface area (Å²) in [4.78, 5) is 18.3. The van der Waals surface area contributed by atoms with Gasteiger partial charge in [0, 0.05) is 40.0 Å². The number of hydrogen-bond donors (Lipinski definition) is 2. The van der Waals surface area contributed by atoms with Crippen LogP contribution in [0.3, 0.4) is 0 Å². The number of halogens is 1. The van der Waals surface area contributed by atoms with Crippen LogP contribution < -0.4 is 11.1 Å². The Bertz CT molecular complexity index is 411. The number of aliphatic imine (C=N–C) groups is 1. The highest BCUT2D eigenvalue weighted by atomic mass is 127. The molecule has 3 N–H and O–H groups in total. The van der Waals surface area contributed by atoms with E-state index in [1.54, 1.807) is 7.11 Å². The molecular formula is C17H35IN4O3. The number of nitrogens with one attached hydrogen (secondary N) is 1. The number of nitrogens with zero attached hydrogens (tertiary/aromatic N) is 2. The van der Waals surface area contributed by atoms with E-state index in [-0.39, 0.29) is 29.9 Å². The molecule has 0 aromatic carbocycles. The smallest absolute Gasteiger partial charge is 0.224 e. The number of guanidine groups is 1. The molecule has 0 aromatic heterocycles. The van der Waals surface area contributed by atoms with E-state index in [4.69, 9.17) is 15.2 Å². The summed E-state index contributed by atoms with van der Waals surface area (Å²) in [5.74, 6) is 0.523. The molecule has 0 unspecified atom stereocenters. The maximum absolute atomic E-state index is 11.5. The molecule has 0 aromatic rings. The van der Waals surface area contributed by atoms with Crippen molar-refractivity contribution in [1.82, 2.24) is 10.2 Å². The van der Waals surface area contributed by atoms with Crippen molar-refractivity contribution in [3.05, 3.63) is 0 Å². The van der Waals surface area contributed by atoms with Gasteiger partial charge in [0.05, 0.1) is 18.1 Å². The molecule has 0 atom stereocenters. The molecule has 1 saturated heterocycles. The molecule has 1 amide bonds. The Morgan fingerprint density at radius 1 is 1.32 bits per heavy atom. The van der Waals surface area contributed by atoms with Gasteiger partial charge in [-0.05, 0) is 40.0 Å². The number of carbonyl (C=O) groups is 1. The molecule has 1 aliphatic heterocycles. The lowest BCUT2D eigenvalue weighted by Gasteiger charge is -2.34. The molecular weight excluding hydrogens is 435 g/mol. The highest BCUT2D eigenvalue weighted by Crippen LogP contribution is 2.17. The normalized spacial score (nSPS) is 16.5. The van der Waals surface area contributed by atoms with Crippen molar-refractivity contribution in [1.29, 1.82) is 0 Å². The van der Waals surface area contributed by atoms with Crippen molar-refractivity contribution in [3.63, 3.8) is 0 Å². The fourth-order valence-electron chi connectivity index (χ4n) is 2.46. The Morgan fingerprint density at radius 2 is 1.96 bits per heavy atom. The number of rotatable bonds is 9. The molecule has 1 fully saturated rings. The Hall–Kier alpha value is -0.610. The minimum Gasteiger partial charge on any atom is -0.385 e. The van der Waals surface area contributed by atoms with E-state index in [1.165, 1.54) is 0 Å². The van der Waals surface area contributed by atoms with E-state index in [9.17, 15) is 4.79 Å². The maximum Gasteiger partial charge on any atom is 0.224 e. The molecule has 0 spiro atoms. The number of methoxy groups -OCH3 is 1. The van der Waals surface area contributed by atoms with Crippen LogP contribution in [0.1, 0.15) is 40.0 Å². The molecule has 25 heavy (non-hydrogen) atoms. The first-order chi connectivity index (χ1) is 11.4. The standard InChI is InChI=1S/C17H34N4O3.HI/c1-5-19-16(20-13-17(2,3)15(18)22)21-9-7-14(8-10-21)24-12-6-11-23-4;/h14H,5-13H2,1-4H3,(H2,18,22)(H,19,20);1H. The Labute approximate surface area is 169 Å². The summed E-state index contributed by atoms with van der Waals surface area (Å²) in [6.07, 6.45) is 3.21. The average molecular weight is 470 g/mol. The predicted octanol–water partition coefficient (Wildman–Crippen LogP) is 1.60. The van der Waals surface area contributed by atoms with Crippen LogP contribution in [0.15, 0.2) is 4.99 Å². The van der Waals surface area contributed by atoms with Crippen molar-refractivity contribution >= 4 is 35.8 Å². The van der Waals surface area contributed by atoms with Gasteiger partial charge in [0.15, 0.2) is 5.96 Å². The third-order valence-corrected chi connectivity index (χ3v) is 4.21. The summed E-state index contributed by atoms with van der Waals surface area (Å²) in [5.41, 5.74) is 4.79. The van der Waals surface area contributed by atoms with Gasteiger partial charge in [0.1, 0.15) is 0 Å². The Balaban J connectivity index is 0.00000576. The summed E-state index contributed by atoms with van der Waals surface area (Å²) in [6, 6.07) is 0. The lowest BCUT2D eigenvalue weighted by Crippen LogP contribution is -2.47. The van der Waals surface area contributed by atoms with E-state index >= 15 is 0 Å². The number of primary amides is 1. The van der Waals surface area contributed by atoms with Crippen LogP contribution in [-0.4, -0.2) is 69.4 Å². The van der Waals surface area contributed by atoms with Gasteiger partial charge in [0.2, 0.25) is 5.91 Å². The highest BCUT2D eigenvalue weighted by Gasteiger charge is 2.26. The summed E-state index contributed by atoms with van der Waals surface area (Å²) in [6.45, 7) is 10.2. The van der Waals surface area contributed by atoms with Gasteiger partial charge in [0.25, 0.3) is 0 Å². The zero-order valence-corrected chi connectivity index (χ0v) is 18.4. The van der Waals surface area contributed by atoms with Gasteiger partial charge < -0.3 is 25.4 Å². The van der Waals surface area contributed by atoms with Crippen LogP contribution in [0.2, 0.25) is 0 Å². The zero-order valence-electron chi connectivity index (χ0n) is 16.0. The Kier molecular flexibility index (Phi) is 12.4. The van der Waals surface area contributed by atoms with Gasteiger partial charge in [-0.2, -0.15) is 0 Å². The lowest BCUT2D eigenvalue weighted by atomic mass is 9.93. The second-order valence-corrected chi connectivity index (χ2v) is 6.82. The topological polar surface area (TPSA) is 89.2 Å².